The lowest BCUT2D eigenvalue weighted by atomic mass is 10.2. The van der Waals surface area contributed by atoms with Crippen LogP contribution >= 0.6 is 28.1 Å². The number of ether oxygens (including phenoxy) is 1. The lowest BCUT2D eigenvalue weighted by Crippen LogP contribution is -2.39. The molecular weight excluding hydrogens is 376 g/mol. The SMILES string of the molecule is CCOc1ccc(Br)cc1C(=O)NC(=S)NCc1ccccc1. The molecule has 0 aliphatic heterocycles. The smallest absolute Gasteiger partial charge is 0.261 e. The van der Waals surface area contributed by atoms with Gasteiger partial charge in [0.05, 0.1) is 12.2 Å². The molecule has 6 heteroatoms. The van der Waals surface area contributed by atoms with Crippen LogP contribution in [-0.4, -0.2) is 17.6 Å². The second-order valence-corrected chi connectivity index (χ2v) is 6.02. The largest absolute Gasteiger partial charge is 0.493 e. The molecular formula is C17H17BrN2O2S. The van der Waals surface area contributed by atoms with Gasteiger partial charge in [-0.3, -0.25) is 10.1 Å². The van der Waals surface area contributed by atoms with Gasteiger partial charge in [0.2, 0.25) is 0 Å². The molecule has 0 atom stereocenters. The van der Waals surface area contributed by atoms with Gasteiger partial charge in [0.15, 0.2) is 5.11 Å². The predicted molar refractivity (Wildman–Crippen MR) is 98.7 cm³/mol. The number of carbonyl (C=O) groups excluding carboxylic acids is 1. The summed E-state index contributed by atoms with van der Waals surface area (Å²) in [7, 11) is 0. The van der Waals surface area contributed by atoms with Gasteiger partial charge in [0, 0.05) is 11.0 Å². The highest BCUT2D eigenvalue weighted by Gasteiger charge is 2.14. The number of hydrogen-bond donors (Lipinski definition) is 2. The van der Waals surface area contributed by atoms with Gasteiger partial charge in [-0.25, -0.2) is 0 Å². The summed E-state index contributed by atoms with van der Waals surface area (Å²) in [5.41, 5.74) is 1.52. The van der Waals surface area contributed by atoms with Crippen LogP contribution in [0.4, 0.5) is 0 Å². The van der Waals surface area contributed by atoms with Crippen LogP contribution in [0.1, 0.15) is 22.8 Å². The van der Waals surface area contributed by atoms with Crippen LogP contribution in [0, 0.1) is 0 Å². The molecule has 2 aromatic carbocycles. The Balaban J connectivity index is 1.98. The minimum absolute atomic E-state index is 0.279. The van der Waals surface area contributed by atoms with Crippen molar-refractivity contribution in [2.24, 2.45) is 0 Å². The molecule has 120 valence electrons. The third-order valence-corrected chi connectivity index (χ3v) is 3.75. The van der Waals surface area contributed by atoms with Crippen molar-refractivity contribution < 1.29 is 9.53 Å². The summed E-state index contributed by atoms with van der Waals surface area (Å²) in [4.78, 5) is 12.4. The topological polar surface area (TPSA) is 50.4 Å². The molecule has 0 spiro atoms. The predicted octanol–water partition coefficient (Wildman–Crippen LogP) is 3.65. The molecule has 0 aromatic heterocycles. The van der Waals surface area contributed by atoms with Crippen LogP contribution < -0.4 is 15.4 Å². The molecule has 0 saturated carbocycles. The number of halogens is 1. The first-order chi connectivity index (χ1) is 11.1. The third kappa shape index (κ3) is 5.33. The monoisotopic (exact) mass is 392 g/mol. The third-order valence-electron chi connectivity index (χ3n) is 3.01. The van der Waals surface area contributed by atoms with E-state index in [0.717, 1.165) is 10.0 Å². The van der Waals surface area contributed by atoms with Crippen molar-refractivity contribution in [1.82, 2.24) is 10.6 Å². The van der Waals surface area contributed by atoms with Gasteiger partial charge in [0.1, 0.15) is 5.75 Å². The lowest BCUT2D eigenvalue weighted by Gasteiger charge is -2.13. The fraction of sp³-hybridized carbons (Fsp3) is 0.176. The van der Waals surface area contributed by atoms with E-state index in [1.54, 1.807) is 12.1 Å². The molecule has 0 aliphatic rings. The molecule has 23 heavy (non-hydrogen) atoms. The zero-order valence-electron chi connectivity index (χ0n) is 12.6. The van der Waals surface area contributed by atoms with E-state index in [2.05, 4.69) is 26.6 Å². The molecule has 2 aromatic rings. The Kier molecular flexibility index (Phi) is 6.55. The van der Waals surface area contributed by atoms with E-state index in [-0.39, 0.29) is 11.0 Å². The number of amides is 1. The minimum atomic E-state index is -0.305. The summed E-state index contributed by atoms with van der Waals surface area (Å²) in [5.74, 6) is 0.222. The first kappa shape index (κ1) is 17.4. The quantitative estimate of drug-likeness (QED) is 0.762. The Morgan fingerprint density at radius 1 is 1.22 bits per heavy atom. The van der Waals surface area contributed by atoms with Crippen molar-refractivity contribution in [2.75, 3.05) is 6.61 Å². The second-order valence-electron chi connectivity index (χ2n) is 4.70. The van der Waals surface area contributed by atoms with Gasteiger partial charge >= 0.3 is 0 Å². The molecule has 0 bridgehead atoms. The molecule has 0 saturated heterocycles. The first-order valence-corrected chi connectivity index (χ1v) is 8.35. The number of carbonyl (C=O) groups is 1. The Hall–Kier alpha value is -1.92. The van der Waals surface area contributed by atoms with Gasteiger partial charge in [-0.05, 0) is 42.9 Å². The standard InChI is InChI=1S/C17H17BrN2O2S/c1-2-22-15-9-8-13(18)10-14(15)16(21)20-17(23)19-11-12-6-4-3-5-7-12/h3-10H,2,11H2,1H3,(H2,19,20,21,23). The van der Waals surface area contributed by atoms with E-state index >= 15 is 0 Å². The van der Waals surface area contributed by atoms with E-state index in [1.807, 2.05) is 43.3 Å². The molecule has 2 rings (SSSR count). The summed E-state index contributed by atoms with van der Waals surface area (Å²) in [6.07, 6.45) is 0. The normalized spacial score (nSPS) is 10.0. The van der Waals surface area contributed by atoms with Crippen LogP contribution in [0.15, 0.2) is 53.0 Å². The zero-order valence-corrected chi connectivity index (χ0v) is 15.0. The van der Waals surface area contributed by atoms with Crippen molar-refractivity contribution in [2.45, 2.75) is 13.5 Å². The van der Waals surface area contributed by atoms with Crippen LogP contribution in [-0.2, 0) is 6.54 Å². The fourth-order valence-electron chi connectivity index (χ4n) is 1.95. The maximum Gasteiger partial charge on any atom is 0.261 e. The van der Waals surface area contributed by atoms with Crippen molar-refractivity contribution in [1.29, 1.82) is 0 Å². The zero-order chi connectivity index (χ0) is 16.7. The highest BCUT2D eigenvalue weighted by molar-refractivity contribution is 9.10. The average molecular weight is 393 g/mol. The maximum absolute atomic E-state index is 12.4. The number of nitrogens with one attached hydrogen (secondary N) is 2. The second kappa shape index (κ2) is 8.64. The van der Waals surface area contributed by atoms with Crippen LogP contribution in [0.5, 0.6) is 5.75 Å². The van der Waals surface area contributed by atoms with E-state index in [4.69, 9.17) is 17.0 Å². The summed E-state index contributed by atoms with van der Waals surface area (Å²) in [6.45, 7) is 2.91. The summed E-state index contributed by atoms with van der Waals surface area (Å²) in [5, 5.41) is 5.96. The molecule has 0 radical (unpaired) electrons. The van der Waals surface area contributed by atoms with E-state index in [1.165, 1.54) is 0 Å². The number of hydrogen-bond acceptors (Lipinski definition) is 3. The van der Waals surface area contributed by atoms with E-state index < -0.39 is 0 Å². The van der Waals surface area contributed by atoms with Gasteiger partial charge in [-0.15, -0.1) is 0 Å². The molecule has 4 nitrogen and oxygen atoms in total. The fourth-order valence-corrected chi connectivity index (χ4v) is 2.48. The number of rotatable bonds is 5. The average Bonchev–Trinajstić information content (AvgIpc) is 2.55. The maximum atomic E-state index is 12.4. The highest BCUT2D eigenvalue weighted by Crippen LogP contribution is 2.23. The first-order valence-electron chi connectivity index (χ1n) is 7.15. The van der Waals surface area contributed by atoms with Gasteiger partial charge in [0.25, 0.3) is 5.91 Å². The van der Waals surface area contributed by atoms with Crippen LogP contribution in [0.2, 0.25) is 0 Å². The summed E-state index contributed by atoms with van der Waals surface area (Å²) in [6, 6.07) is 15.1. The van der Waals surface area contributed by atoms with Gasteiger partial charge in [-0.1, -0.05) is 46.3 Å². The summed E-state index contributed by atoms with van der Waals surface area (Å²) >= 11 is 8.53. The van der Waals surface area contributed by atoms with Crippen molar-refractivity contribution in [3.8, 4) is 5.75 Å². The Labute approximate surface area is 149 Å². The minimum Gasteiger partial charge on any atom is -0.493 e. The molecule has 0 fully saturated rings. The lowest BCUT2D eigenvalue weighted by molar-refractivity contribution is 0.0973. The number of thiocarbonyl (C=S) groups is 1. The molecule has 0 heterocycles. The highest BCUT2D eigenvalue weighted by atomic mass is 79.9. The number of benzene rings is 2. The van der Waals surface area contributed by atoms with E-state index in [9.17, 15) is 4.79 Å². The van der Waals surface area contributed by atoms with Crippen LogP contribution in [0.25, 0.3) is 0 Å². The van der Waals surface area contributed by atoms with Crippen LogP contribution in [0.3, 0.4) is 0 Å². The molecule has 1 amide bonds. The Bertz CT molecular complexity index is 692. The van der Waals surface area contributed by atoms with Gasteiger partial charge in [-0.2, -0.15) is 0 Å². The van der Waals surface area contributed by atoms with Crippen molar-refractivity contribution >= 4 is 39.2 Å². The molecule has 0 unspecified atom stereocenters. The molecule has 0 aliphatic carbocycles. The van der Waals surface area contributed by atoms with Gasteiger partial charge < -0.3 is 10.1 Å². The Morgan fingerprint density at radius 3 is 2.65 bits per heavy atom. The van der Waals surface area contributed by atoms with E-state index in [0.29, 0.717) is 24.5 Å². The summed E-state index contributed by atoms with van der Waals surface area (Å²) < 4.78 is 6.28. The molecule has 2 N–H and O–H groups in total. The van der Waals surface area contributed by atoms with Crippen molar-refractivity contribution in [3.05, 3.63) is 64.1 Å². The Morgan fingerprint density at radius 2 is 1.96 bits per heavy atom. The van der Waals surface area contributed by atoms with Crippen molar-refractivity contribution in [3.63, 3.8) is 0 Å².